The lowest BCUT2D eigenvalue weighted by Gasteiger charge is -2.04. The molecule has 1 rings (SSSR count). The van der Waals surface area contributed by atoms with Gasteiger partial charge in [-0.3, -0.25) is 4.79 Å². The van der Waals surface area contributed by atoms with E-state index in [-0.39, 0.29) is 5.97 Å². The van der Waals surface area contributed by atoms with Gasteiger partial charge < -0.3 is 9.47 Å². The van der Waals surface area contributed by atoms with Crippen molar-refractivity contribution in [1.29, 1.82) is 0 Å². The van der Waals surface area contributed by atoms with E-state index in [2.05, 4.69) is 11.7 Å². The fourth-order valence-corrected chi connectivity index (χ4v) is 1.58. The number of rotatable bonds is 7. The van der Waals surface area contributed by atoms with Gasteiger partial charge >= 0.3 is 11.9 Å². The van der Waals surface area contributed by atoms with Gasteiger partial charge in [0, 0.05) is 12.5 Å². The molecule has 1 aromatic rings. The number of hydrogen-bond donors (Lipinski definition) is 0. The molecular weight excluding hydrogens is 256 g/mol. The molecule has 108 valence electrons. The second-order valence-electron chi connectivity index (χ2n) is 4.36. The lowest BCUT2D eigenvalue weighted by molar-refractivity contribution is -0.135. The highest BCUT2D eigenvalue weighted by Gasteiger charge is 2.04. The van der Waals surface area contributed by atoms with E-state index in [1.165, 1.54) is 13.2 Å². The lowest BCUT2D eigenvalue weighted by Crippen LogP contribution is -2.07. The largest absolute Gasteiger partial charge is 0.466 e. The fourth-order valence-electron chi connectivity index (χ4n) is 1.58. The van der Waals surface area contributed by atoms with Crippen LogP contribution >= 0.6 is 0 Å². The van der Waals surface area contributed by atoms with Crippen LogP contribution in [0.5, 0.6) is 5.75 Å². The minimum atomic E-state index is -0.406. The first-order valence-corrected chi connectivity index (χ1v) is 6.72. The second kappa shape index (κ2) is 8.91. The maximum absolute atomic E-state index is 11.5. The van der Waals surface area contributed by atoms with Crippen LogP contribution in [0.25, 0.3) is 6.08 Å². The van der Waals surface area contributed by atoms with Crippen molar-refractivity contribution in [1.82, 2.24) is 0 Å². The van der Waals surface area contributed by atoms with Crippen LogP contribution in [0.3, 0.4) is 0 Å². The summed E-state index contributed by atoms with van der Waals surface area (Å²) in [5, 5.41) is 0. The predicted octanol–water partition coefficient (Wildman–Crippen LogP) is 3.36. The molecule has 1 aromatic carbocycles. The first-order valence-electron chi connectivity index (χ1n) is 6.72. The number of ether oxygens (including phenoxy) is 2. The molecule has 0 aliphatic carbocycles. The van der Waals surface area contributed by atoms with E-state index >= 15 is 0 Å². The first-order chi connectivity index (χ1) is 9.65. The highest BCUT2D eigenvalue weighted by atomic mass is 16.5. The Morgan fingerprint density at radius 2 is 1.85 bits per heavy atom. The van der Waals surface area contributed by atoms with Crippen molar-refractivity contribution in [2.24, 2.45) is 0 Å². The summed E-state index contributed by atoms with van der Waals surface area (Å²) in [6, 6.07) is 6.95. The van der Waals surface area contributed by atoms with Crippen LogP contribution in [0.4, 0.5) is 0 Å². The average Bonchev–Trinajstić information content (AvgIpc) is 2.46. The molecule has 4 heteroatoms. The average molecular weight is 276 g/mol. The molecule has 0 heterocycles. The summed E-state index contributed by atoms with van der Waals surface area (Å²) in [6.45, 7) is 2.09. The molecule has 0 saturated heterocycles. The molecule has 4 nitrogen and oxygen atoms in total. The van der Waals surface area contributed by atoms with Gasteiger partial charge in [0.1, 0.15) is 5.75 Å². The highest BCUT2D eigenvalue weighted by molar-refractivity contribution is 5.86. The Bertz CT molecular complexity index is 460. The number of hydrogen-bond acceptors (Lipinski definition) is 4. The van der Waals surface area contributed by atoms with Crippen LogP contribution in [0.15, 0.2) is 30.3 Å². The quantitative estimate of drug-likeness (QED) is 0.331. The SMILES string of the molecule is CCCCCC(=O)Oc1ccc(C=CC(=O)OC)cc1. The Hall–Kier alpha value is -2.10. The van der Waals surface area contributed by atoms with E-state index in [1.807, 2.05) is 0 Å². The first kappa shape index (κ1) is 16.0. The summed E-state index contributed by atoms with van der Waals surface area (Å²) in [6.07, 6.45) is 6.39. The van der Waals surface area contributed by atoms with Gasteiger partial charge in [0.15, 0.2) is 0 Å². The van der Waals surface area contributed by atoms with E-state index in [4.69, 9.17) is 4.74 Å². The van der Waals surface area contributed by atoms with Gasteiger partial charge in [-0.05, 0) is 30.2 Å². The number of unbranched alkanes of at least 4 members (excludes halogenated alkanes) is 2. The Morgan fingerprint density at radius 3 is 2.45 bits per heavy atom. The van der Waals surface area contributed by atoms with Crippen molar-refractivity contribution in [2.75, 3.05) is 7.11 Å². The summed E-state index contributed by atoms with van der Waals surface area (Å²) in [7, 11) is 1.33. The fraction of sp³-hybridized carbons (Fsp3) is 0.375. The molecule has 0 radical (unpaired) electrons. The smallest absolute Gasteiger partial charge is 0.330 e. The van der Waals surface area contributed by atoms with E-state index in [0.717, 1.165) is 24.8 Å². The Morgan fingerprint density at radius 1 is 1.15 bits per heavy atom. The van der Waals surface area contributed by atoms with Gasteiger partial charge in [-0.25, -0.2) is 4.79 Å². The van der Waals surface area contributed by atoms with Crippen molar-refractivity contribution in [3.8, 4) is 5.75 Å². The number of benzene rings is 1. The third-order valence-electron chi connectivity index (χ3n) is 2.71. The topological polar surface area (TPSA) is 52.6 Å². The molecule has 0 N–H and O–H groups in total. The van der Waals surface area contributed by atoms with Crippen LogP contribution in [0.2, 0.25) is 0 Å². The molecule has 0 saturated carbocycles. The molecular formula is C16H20O4. The van der Waals surface area contributed by atoms with Gasteiger partial charge in [-0.15, -0.1) is 0 Å². The summed E-state index contributed by atoms with van der Waals surface area (Å²) in [5.74, 6) is -0.102. The Balaban J connectivity index is 2.48. The monoisotopic (exact) mass is 276 g/mol. The molecule has 0 bridgehead atoms. The number of esters is 2. The van der Waals surface area contributed by atoms with Gasteiger partial charge in [0.25, 0.3) is 0 Å². The van der Waals surface area contributed by atoms with Gasteiger partial charge in [-0.1, -0.05) is 31.9 Å². The van der Waals surface area contributed by atoms with Crippen LogP contribution < -0.4 is 4.74 Å². The zero-order valence-corrected chi connectivity index (χ0v) is 11.9. The number of carbonyl (C=O) groups is 2. The van der Waals surface area contributed by atoms with Crippen LogP contribution in [0, 0.1) is 0 Å². The Labute approximate surface area is 119 Å². The third kappa shape index (κ3) is 6.18. The van der Waals surface area contributed by atoms with Crippen LogP contribution in [-0.4, -0.2) is 19.0 Å². The van der Waals surface area contributed by atoms with Crippen LogP contribution in [-0.2, 0) is 14.3 Å². The highest BCUT2D eigenvalue weighted by Crippen LogP contribution is 2.14. The second-order valence-corrected chi connectivity index (χ2v) is 4.36. The van der Waals surface area contributed by atoms with E-state index in [1.54, 1.807) is 30.3 Å². The molecule has 0 amide bonds. The lowest BCUT2D eigenvalue weighted by atomic mass is 10.2. The maximum Gasteiger partial charge on any atom is 0.330 e. The standard InChI is InChI=1S/C16H20O4/c1-3-4-5-6-16(18)20-14-10-7-13(8-11-14)9-12-15(17)19-2/h7-12H,3-6H2,1-2H3. The zero-order valence-electron chi connectivity index (χ0n) is 11.9. The minimum Gasteiger partial charge on any atom is -0.466 e. The zero-order chi connectivity index (χ0) is 14.8. The van der Waals surface area contributed by atoms with Crippen molar-refractivity contribution >= 4 is 18.0 Å². The van der Waals surface area contributed by atoms with Crippen molar-refractivity contribution in [3.05, 3.63) is 35.9 Å². The molecule has 20 heavy (non-hydrogen) atoms. The third-order valence-corrected chi connectivity index (χ3v) is 2.71. The molecule has 0 aliphatic heterocycles. The van der Waals surface area contributed by atoms with Crippen molar-refractivity contribution in [3.63, 3.8) is 0 Å². The number of carbonyl (C=O) groups excluding carboxylic acids is 2. The summed E-state index contributed by atoms with van der Waals surface area (Å²) < 4.78 is 9.71. The van der Waals surface area contributed by atoms with Crippen molar-refractivity contribution < 1.29 is 19.1 Å². The summed E-state index contributed by atoms with van der Waals surface area (Å²) in [4.78, 5) is 22.5. The normalized spacial score (nSPS) is 10.5. The number of methoxy groups -OCH3 is 1. The minimum absolute atomic E-state index is 0.212. The molecule has 0 unspecified atom stereocenters. The van der Waals surface area contributed by atoms with E-state index in [0.29, 0.717) is 12.2 Å². The van der Waals surface area contributed by atoms with Gasteiger partial charge in [-0.2, -0.15) is 0 Å². The van der Waals surface area contributed by atoms with Gasteiger partial charge in [0.05, 0.1) is 7.11 Å². The predicted molar refractivity (Wildman–Crippen MR) is 77.3 cm³/mol. The molecule has 0 fully saturated rings. The van der Waals surface area contributed by atoms with Crippen LogP contribution in [0.1, 0.15) is 38.2 Å². The van der Waals surface area contributed by atoms with E-state index in [9.17, 15) is 9.59 Å². The maximum atomic E-state index is 11.5. The summed E-state index contributed by atoms with van der Waals surface area (Å²) >= 11 is 0. The molecule has 0 atom stereocenters. The van der Waals surface area contributed by atoms with Gasteiger partial charge in [0.2, 0.25) is 0 Å². The molecule has 0 spiro atoms. The Kier molecular flexibility index (Phi) is 7.11. The van der Waals surface area contributed by atoms with E-state index < -0.39 is 5.97 Å². The van der Waals surface area contributed by atoms with Crippen molar-refractivity contribution in [2.45, 2.75) is 32.6 Å². The summed E-state index contributed by atoms with van der Waals surface area (Å²) in [5.41, 5.74) is 0.834. The molecule has 0 aliphatic rings. The molecule has 0 aromatic heterocycles.